The number of aromatic nitrogens is 4. The van der Waals surface area contributed by atoms with Crippen molar-refractivity contribution in [3.05, 3.63) is 84.7 Å². The minimum atomic E-state index is 0.159. The Morgan fingerprint density at radius 3 is 1.47 bits per heavy atom. The van der Waals surface area contributed by atoms with Crippen LogP contribution < -0.4 is 0 Å². The molecule has 2 aliphatic heterocycles. The number of rotatable bonds is 2. The van der Waals surface area contributed by atoms with Gasteiger partial charge in [0.2, 0.25) is 0 Å². The van der Waals surface area contributed by atoms with Crippen LogP contribution in [0.3, 0.4) is 0 Å². The number of hydrogen-bond donors (Lipinski definition) is 0. The lowest BCUT2D eigenvalue weighted by Gasteiger charge is -2.31. The summed E-state index contributed by atoms with van der Waals surface area (Å²) in [5, 5.41) is 0. The van der Waals surface area contributed by atoms with Crippen LogP contribution >= 0.6 is 0 Å². The predicted octanol–water partition coefficient (Wildman–Crippen LogP) is 4.86. The van der Waals surface area contributed by atoms with Crippen molar-refractivity contribution >= 4 is 11.6 Å². The third-order valence-electron chi connectivity index (χ3n) is 8.04. The highest BCUT2D eigenvalue weighted by Crippen LogP contribution is 2.48. The van der Waals surface area contributed by atoms with E-state index < -0.39 is 0 Å². The van der Waals surface area contributed by atoms with Gasteiger partial charge in [-0.3, -0.25) is 9.59 Å². The van der Waals surface area contributed by atoms with E-state index in [0.29, 0.717) is 11.6 Å². The molecule has 6 nitrogen and oxygen atoms in total. The zero-order valence-corrected chi connectivity index (χ0v) is 18.7. The smallest absolute Gasteiger partial charge is 0.138 e. The molecule has 0 spiro atoms. The Morgan fingerprint density at radius 2 is 1.09 bits per heavy atom. The molecule has 4 atom stereocenters. The summed E-state index contributed by atoms with van der Waals surface area (Å²) < 4.78 is 4.32. The molecule has 34 heavy (non-hydrogen) atoms. The molecule has 2 fully saturated rings. The van der Waals surface area contributed by atoms with E-state index in [1.165, 1.54) is 22.3 Å². The first kappa shape index (κ1) is 19.6. The Kier molecular flexibility index (Phi) is 4.25. The van der Waals surface area contributed by atoms with Crippen LogP contribution in [0, 0.1) is 11.8 Å². The van der Waals surface area contributed by atoms with Gasteiger partial charge in [-0.1, -0.05) is 48.5 Å². The standard InChI is InChI=1S/2C14H12N2O/c2*17-13-6-5-11(13)14-10-4-2-1-3-9(10)12-7-15-8-16(12)14/h2*1-4,7-8,11,14H,5-6H2/t2*11-,14+/m10/s1. The maximum atomic E-state index is 11.7. The van der Waals surface area contributed by atoms with Crippen molar-refractivity contribution in [2.45, 2.75) is 37.8 Å². The Hall–Kier alpha value is -3.80. The lowest BCUT2D eigenvalue weighted by Crippen LogP contribution is -2.33. The fraction of sp³-hybridized carbons (Fsp3) is 0.286. The lowest BCUT2D eigenvalue weighted by molar-refractivity contribution is -0.131. The Morgan fingerprint density at radius 1 is 0.647 bits per heavy atom. The Labute approximate surface area is 197 Å². The summed E-state index contributed by atoms with van der Waals surface area (Å²) >= 11 is 0. The van der Waals surface area contributed by atoms with E-state index in [0.717, 1.165) is 37.1 Å². The molecule has 0 saturated heterocycles. The van der Waals surface area contributed by atoms with Crippen LogP contribution in [0.4, 0.5) is 0 Å². The molecule has 2 aromatic carbocycles. The first-order chi connectivity index (χ1) is 16.7. The molecule has 6 heteroatoms. The molecular weight excluding hydrogens is 424 g/mol. The second kappa shape index (κ2) is 7.35. The van der Waals surface area contributed by atoms with Crippen molar-refractivity contribution in [2.24, 2.45) is 11.8 Å². The quantitative estimate of drug-likeness (QED) is 0.439. The van der Waals surface area contributed by atoms with Crippen molar-refractivity contribution in [2.75, 3.05) is 0 Å². The maximum Gasteiger partial charge on any atom is 0.138 e. The van der Waals surface area contributed by atoms with E-state index in [1.54, 1.807) is 0 Å². The van der Waals surface area contributed by atoms with Gasteiger partial charge in [-0.15, -0.1) is 0 Å². The normalized spacial score (nSPS) is 25.3. The monoisotopic (exact) mass is 448 g/mol. The van der Waals surface area contributed by atoms with Crippen LogP contribution in [0.25, 0.3) is 22.5 Å². The van der Waals surface area contributed by atoms with Crippen molar-refractivity contribution in [3.63, 3.8) is 0 Å². The Balaban J connectivity index is 0.000000118. The maximum absolute atomic E-state index is 11.7. The molecule has 8 rings (SSSR count). The van der Waals surface area contributed by atoms with Gasteiger partial charge >= 0.3 is 0 Å². The van der Waals surface area contributed by atoms with Crippen LogP contribution in [0.15, 0.2) is 73.6 Å². The molecule has 0 N–H and O–H groups in total. The lowest BCUT2D eigenvalue weighted by atomic mass is 9.76. The zero-order valence-electron chi connectivity index (χ0n) is 18.7. The third kappa shape index (κ3) is 2.68. The zero-order chi connectivity index (χ0) is 22.8. The van der Waals surface area contributed by atoms with E-state index in [1.807, 2.05) is 37.2 Å². The highest BCUT2D eigenvalue weighted by Gasteiger charge is 2.43. The van der Waals surface area contributed by atoms with E-state index in [-0.39, 0.29) is 23.9 Å². The second-order valence-electron chi connectivity index (χ2n) is 9.66. The first-order valence-electron chi connectivity index (χ1n) is 12.0. The van der Waals surface area contributed by atoms with Gasteiger partial charge in [-0.25, -0.2) is 9.97 Å². The molecule has 4 heterocycles. The van der Waals surface area contributed by atoms with Crippen LogP contribution in [0.5, 0.6) is 0 Å². The van der Waals surface area contributed by atoms with E-state index >= 15 is 0 Å². The molecule has 168 valence electrons. The van der Waals surface area contributed by atoms with E-state index in [4.69, 9.17) is 0 Å². The highest BCUT2D eigenvalue weighted by molar-refractivity contribution is 5.89. The summed E-state index contributed by atoms with van der Waals surface area (Å²) in [7, 11) is 0. The number of hydrogen-bond acceptors (Lipinski definition) is 4. The highest BCUT2D eigenvalue weighted by atomic mass is 16.1. The summed E-state index contributed by atoms with van der Waals surface area (Å²) in [5.74, 6) is 1.11. The number of ketones is 2. The van der Waals surface area contributed by atoms with Gasteiger partial charge in [0.1, 0.15) is 11.6 Å². The van der Waals surface area contributed by atoms with E-state index in [2.05, 4.69) is 55.5 Å². The first-order valence-corrected chi connectivity index (χ1v) is 12.0. The SMILES string of the molecule is O=C1CC[C@@H]1[C@H]1c2ccccc2-c2cncn21.O=C1CC[C@H]1[C@@H]1c2ccccc2-c2cncn21. The summed E-state index contributed by atoms with van der Waals surface area (Å²) in [5.41, 5.74) is 7.31. The van der Waals surface area contributed by atoms with Gasteiger partial charge in [0.25, 0.3) is 0 Å². The summed E-state index contributed by atoms with van der Waals surface area (Å²) in [6, 6.07) is 17.1. The fourth-order valence-electron chi connectivity index (χ4n) is 6.09. The average molecular weight is 449 g/mol. The van der Waals surface area contributed by atoms with Crippen LogP contribution in [0.1, 0.15) is 48.9 Å². The number of carbonyl (C=O) groups is 2. The van der Waals surface area contributed by atoms with Crippen LogP contribution in [0.2, 0.25) is 0 Å². The predicted molar refractivity (Wildman–Crippen MR) is 127 cm³/mol. The molecule has 0 unspecified atom stereocenters. The van der Waals surface area contributed by atoms with Crippen molar-refractivity contribution in [1.82, 2.24) is 19.1 Å². The topological polar surface area (TPSA) is 69.8 Å². The molecule has 2 aliphatic carbocycles. The largest absolute Gasteiger partial charge is 0.322 e. The van der Waals surface area contributed by atoms with Crippen LogP contribution in [-0.2, 0) is 9.59 Å². The molecule has 4 aliphatic rings. The number of nitrogens with zero attached hydrogens (tertiary/aromatic N) is 4. The second-order valence-corrected chi connectivity index (χ2v) is 9.66. The van der Waals surface area contributed by atoms with Gasteiger partial charge in [-0.2, -0.15) is 0 Å². The molecule has 2 aromatic heterocycles. The average Bonchev–Trinajstić information content (AvgIpc) is 3.62. The van der Waals surface area contributed by atoms with Crippen molar-refractivity contribution < 1.29 is 9.59 Å². The van der Waals surface area contributed by atoms with Crippen LogP contribution in [-0.4, -0.2) is 30.7 Å². The molecule has 0 bridgehead atoms. The van der Waals surface area contributed by atoms with Gasteiger partial charge in [-0.05, 0) is 24.0 Å². The van der Waals surface area contributed by atoms with Gasteiger partial charge in [0, 0.05) is 35.8 Å². The molecule has 4 aromatic rings. The summed E-state index contributed by atoms with van der Waals surface area (Å²) in [6.07, 6.45) is 11.0. The number of benzene rings is 2. The summed E-state index contributed by atoms with van der Waals surface area (Å²) in [6.45, 7) is 0. The molecular formula is C28H24N4O2. The molecule has 0 radical (unpaired) electrons. The number of Topliss-reactive ketones (excluding diaryl/α,β-unsaturated/α-hetero) is 2. The van der Waals surface area contributed by atoms with E-state index in [9.17, 15) is 9.59 Å². The number of fused-ring (bicyclic) bond motifs is 6. The fourth-order valence-corrected chi connectivity index (χ4v) is 6.09. The Bertz CT molecular complexity index is 1340. The third-order valence-corrected chi connectivity index (χ3v) is 8.04. The van der Waals surface area contributed by atoms with Crippen molar-refractivity contribution in [1.29, 1.82) is 0 Å². The minimum Gasteiger partial charge on any atom is -0.322 e. The minimum absolute atomic E-state index is 0.159. The number of carbonyl (C=O) groups excluding carboxylic acids is 2. The summed E-state index contributed by atoms with van der Waals surface area (Å²) in [4.78, 5) is 31.9. The van der Waals surface area contributed by atoms with Gasteiger partial charge in [0.05, 0.1) is 48.5 Å². The number of imidazole rings is 2. The molecule has 0 amide bonds. The van der Waals surface area contributed by atoms with Gasteiger partial charge < -0.3 is 9.13 Å². The van der Waals surface area contributed by atoms with Crippen molar-refractivity contribution in [3.8, 4) is 22.5 Å². The molecule has 2 saturated carbocycles. The van der Waals surface area contributed by atoms with Gasteiger partial charge in [0.15, 0.2) is 0 Å².